The molecule has 3 aromatic carbocycles. The molecule has 0 heterocycles. The van der Waals surface area contributed by atoms with E-state index in [-0.39, 0.29) is 16.8 Å². The van der Waals surface area contributed by atoms with Gasteiger partial charge in [0.05, 0.1) is 10.9 Å². The van der Waals surface area contributed by atoms with E-state index in [1.54, 1.807) is 42.5 Å². The molecule has 1 atom stereocenters. The number of hydrogen-bond acceptors (Lipinski definition) is 4. The summed E-state index contributed by atoms with van der Waals surface area (Å²) in [7, 11) is -3.67. The van der Waals surface area contributed by atoms with Crippen LogP contribution in [0.5, 0.6) is 5.75 Å². The van der Waals surface area contributed by atoms with Gasteiger partial charge in [-0.3, -0.25) is 9.52 Å². The minimum Gasteiger partial charge on any atom is -0.491 e. The lowest BCUT2D eigenvalue weighted by Crippen LogP contribution is -2.36. The highest BCUT2D eigenvalue weighted by atomic mass is 32.2. The van der Waals surface area contributed by atoms with E-state index < -0.39 is 10.0 Å². The van der Waals surface area contributed by atoms with Crippen molar-refractivity contribution in [1.29, 1.82) is 0 Å². The van der Waals surface area contributed by atoms with Crippen LogP contribution in [0.25, 0.3) is 0 Å². The smallest absolute Gasteiger partial charge is 0.261 e. The number of amides is 1. The molecule has 0 fully saturated rings. The Morgan fingerprint density at radius 3 is 2.23 bits per heavy atom. The van der Waals surface area contributed by atoms with Crippen LogP contribution in [0.3, 0.4) is 0 Å². The van der Waals surface area contributed by atoms with Crippen molar-refractivity contribution < 1.29 is 17.9 Å². The molecule has 0 saturated carbocycles. The van der Waals surface area contributed by atoms with Crippen molar-refractivity contribution in [2.75, 3.05) is 11.3 Å². The van der Waals surface area contributed by atoms with Crippen LogP contribution in [-0.4, -0.2) is 27.0 Å². The molecule has 0 saturated heterocycles. The summed E-state index contributed by atoms with van der Waals surface area (Å²) in [6.07, 6.45) is 0. The minimum absolute atomic E-state index is 0.175. The Labute approximate surface area is 177 Å². The first-order chi connectivity index (χ1) is 14.3. The number of carbonyl (C=O) groups is 1. The van der Waals surface area contributed by atoms with Crippen LogP contribution >= 0.6 is 0 Å². The largest absolute Gasteiger partial charge is 0.491 e. The predicted molar refractivity (Wildman–Crippen MR) is 117 cm³/mol. The maximum atomic E-state index is 12.4. The summed E-state index contributed by atoms with van der Waals surface area (Å²) in [5.41, 5.74) is 1.84. The molecule has 0 radical (unpaired) electrons. The van der Waals surface area contributed by atoms with Crippen molar-refractivity contribution >= 4 is 21.6 Å². The Kier molecular flexibility index (Phi) is 6.74. The second-order valence-electron chi connectivity index (χ2n) is 6.95. The normalized spacial score (nSPS) is 12.1. The van der Waals surface area contributed by atoms with E-state index in [1.165, 1.54) is 12.1 Å². The van der Waals surface area contributed by atoms with Crippen molar-refractivity contribution in [3.8, 4) is 5.75 Å². The van der Waals surface area contributed by atoms with E-state index in [2.05, 4.69) is 10.0 Å². The Balaban J connectivity index is 1.56. The van der Waals surface area contributed by atoms with Gasteiger partial charge in [0, 0.05) is 11.3 Å². The molecule has 0 spiro atoms. The molecular weight excluding hydrogens is 400 g/mol. The molecule has 7 heteroatoms. The summed E-state index contributed by atoms with van der Waals surface area (Å²) in [6, 6.07) is 21.9. The molecule has 0 bridgehead atoms. The standard InChI is InChI=1S/C23H24N2O4S/c1-17-8-6-7-11-22(17)29-16-18(2)24-23(26)19-12-14-20(15-13-19)25-30(27,28)21-9-4-3-5-10-21/h3-15,18,25H,16H2,1-2H3,(H,24,26). The molecule has 0 aliphatic rings. The molecule has 1 amide bonds. The summed E-state index contributed by atoms with van der Waals surface area (Å²) in [5.74, 6) is 0.530. The molecule has 6 nitrogen and oxygen atoms in total. The first kappa shape index (κ1) is 21.4. The zero-order valence-corrected chi connectivity index (χ0v) is 17.6. The van der Waals surface area contributed by atoms with Crippen LogP contribution in [0.1, 0.15) is 22.8 Å². The van der Waals surface area contributed by atoms with Crippen molar-refractivity contribution in [3.05, 3.63) is 90.0 Å². The average molecular weight is 425 g/mol. The molecule has 0 aliphatic heterocycles. The SMILES string of the molecule is Cc1ccccc1OCC(C)NC(=O)c1ccc(NS(=O)(=O)c2ccccc2)cc1. The highest BCUT2D eigenvalue weighted by Crippen LogP contribution is 2.17. The fourth-order valence-electron chi connectivity index (χ4n) is 2.79. The molecule has 3 rings (SSSR count). The average Bonchev–Trinajstić information content (AvgIpc) is 2.74. The lowest BCUT2D eigenvalue weighted by atomic mass is 10.2. The van der Waals surface area contributed by atoms with Crippen LogP contribution in [0.2, 0.25) is 0 Å². The number of ether oxygens (including phenoxy) is 1. The number of nitrogens with one attached hydrogen (secondary N) is 2. The second-order valence-corrected chi connectivity index (χ2v) is 8.63. The molecule has 0 aliphatic carbocycles. The summed E-state index contributed by atoms with van der Waals surface area (Å²) < 4.78 is 33.0. The molecular formula is C23H24N2O4S. The number of rotatable bonds is 8. The molecule has 2 N–H and O–H groups in total. The summed E-state index contributed by atoms with van der Waals surface area (Å²) in [6.45, 7) is 4.16. The van der Waals surface area contributed by atoms with Gasteiger partial charge in [0.1, 0.15) is 12.4 Å². The molecule has 1 unspecified atom stereocenters. The Hall–Kier alpha value is -3.32. The maximum Gasteiger partial charge on any atom is 0.261 e. The predicted octanol–water partition coefficient (Wildman–Crippen LogP) is 3.99. The number of hydrogen-bond donors (Lipinski definition) is 2. The van der Waals surface area contributed by atoms with Gasteiger partial charge < -0.3 is 10.1 Å². The lowest BCUT2D eigenvalue weighted by molar-refractivity contribution is 0.0926. The number of aryl methyl sites for hydroxylation is 1. The molecule has 156 valence electrons. The highest BCUT2D eigenvalue weighted by Gasteiger charge is 2.15. The van der Waals surface area contributed by atoms with Crippen LogP contribution in [0, 0.1) is 6.92 Å². The Morgan fingerprint density at radius 2 is 1.57 bits per heavy atom. The van der Waals surface area contributed by atoms with Gasteiger partial charge in [-0.2, -0.15) is 0 Å². The highest BCUT2D eigenvalue weighted by molar-refractivity contribution is 7.92. The third-order valence-electron chi connectivity index (χ3n) is 4.41. The third kappa shape index (κ3) is 5.61. The van der Waals surface area contributed by atoms with Gasteiger partial charge in [-0.1, -0.05) is 36.4 Å². The van der Waals surface area contributed by atoms with Crippen LogP contribution in [-0.2, 0) is 10.0 Å². The molecule has 30 heavy (non-hydrogen) atoms. The zero-order valence-electron chi connectivity index (χ0n) is 16.8. The first-order valence-corrected chi connectivity index (χ1v) is 11.0. The van der Waals surface area contributed by atoms with Crippen LogP contribution in [0.4, 0.5) is 5.69 Å². The number of benzene rings is 3. The van der Waals surface area contributed by atoms with Gasteiger partial charge in [0.2, 0.25) is 0 Å². The van der Waals surface area contributed by atoms with Crippen LogP contribution < -0.4 is 14.8 Å². The molecule has 0 aromatic heterocycles. The van der Waals surface area contributed by atoms with E-state index in [1.807, 2.05) is 38.1 Å². The lowest BCUT2D eigenvalue weighted by Gasteiger charge is -2.16. The third-order valence-corrected chi connectivity index (χ3v) is 5.81. The number of sulfonamides is 1. The van der Waals surface area contributed by atoms with E-state index in [9.17, 15) is 13.2 Å². The summed E-state index contributed by atoms with van der Waals surface area (Å²) in [4.78, 5) is 12.6. The van der Waals surface area contributed by atoms with Crippen molar-refractivity contribution in [2.45, 2.75) is 24.8 Å². The van der Waals surface area contributed by atoms with E-state index >= 15 is 0 Å². The van der Waals surface area contributed by atoms with Crippen molar-refractivity contribution in [1.82, 2.24) is 5.32 Å². The van der Waals surface area contributed by atoms with E-state index in [4.69, 9.17) is 4.74 Å². The first-order valence-electron chi connectivity index (χ1n) is 9.52. The number of carbonyl (C=O) groups excluding carboxylic acids is 1. The monoisotopic (exact) mass is 424 g/mol. The van der Waals surface area contributed by atoms with Crippen molar-refractivity contribution in [2.24, 2.45) is 0 Å². The fraction of sp³-hybridized carbons (Fsp3) is 0.174. The quantitative estimate of drug-likeness (QED) is 0.573. The topological polar surface area (TPSA) is 84.5 Å². The van der Waals surface area contributed by atoms with Gasteiger partial charge in [-0.25, -0.2) is 8.42 Å². The number of anilines is 1. The van der Waals surface area contributed by atoms with Gasteiger partial charge in [-0.05, 0) is 61.9 Å². The van der Waals surface area contributed by atoms with Crippen molar-refractivity contribution in [3.63, 3.8) is 0 Å². The second kappa shape index (κ2) is 9.45. The Morgan fingerprint density at radius 1 is 0.933 bits per heavy atom. The van der Waals surface area contributed by atoms with Gasteiger partial charge in [0.25, 0.3) is 15.9 Å². The summed E-state index contributed by atoms with van der Waals surface area (Å²) in [5, 5.41) is 2.88. The minimum atomic E-state index is -3.67. The van der Waals surface area contributed by atoms with Crippen LogP contribution in [0.15, 0.2) is 83.8 Å². The Bertz CT molecular complexity index is 1100. The van der Waals surface area contributed by atoms with E-state index in [0.717, 1.165) is 11.3 Å². The fourth-order valence-corrected chi connectivity index (χ4v) is 3.86. The maximum absolute atomic E-state index is 12.4. The zero-order chi connectivity index (χ0) is 21.6. The van der Waals surface area contributed by atoms with Gasteiger partial charge >= 0.3 is 0 Å². The van der Waals surface area contributed by atoms with Gasteiger partial charge in [-0.15, -0.1) is 0 Å². The van der Waals surface area contributed by atoms with Gasteiger partial charge in [0.15, 0.2) is 0 Å². The number of para-hydroxylation sites is 1. The summed E-state index contributed by atoms with van der Waals surface area (Å²) >= 11 is 0. The van der Waals surface area contributed by atoms with E-state index in [0.29, 0.717) is 17.9 Å². The molecule has 3 aromatic rings.